The van der Waals surface area contributed by atoms with Gasteiger partial charge in [0.1, 0.15) is 0 Å². The number of hydrogen-bond acceptors (Lipinski definition) is 3. The molecule has 0 spiro atoms. The Morgan fingerprint density at radius 1 is 1.09 bits per heavy atom. The van der Waals surface area contributed by atoms with Crippen molar-refractivity contribution in [3.05, 3.63) is 60.3 Å². The van der Waals surface area contributed by atoms with Crippen molar-refractivity contribution in [2.24, 2.45) is 0 Å². The van der Waals surface area contributed by atoms with Gasteiger partial charge in [-0.1, -0.05) is 53.8 Å². The number of carboxylic acids is 1. The lowest BCUT2D eigenvalue weighted by Crippen LogP contribution is -2.04. The summed E-state index contributed by atoms with van der Waals surface area (Å²) < 4.78 is 3.08. The fourth-order valence-electron chi connectivity index (χ4n) is 2.71. The Morgan fingerprint density at radius 3 is 2.59 bits per heavy atom. The maximum Gasteiger partial charge on any atom is 0.309 e. The van der Waals surface area contributed by atoms with Gasteiger partial charge in [0.05, 0.1) is 28.0 Å². The van der Waals surface area contributed by atoms with E-state index in [1.807, 2.05) is 59.0 Å². The Balaban J connectivity index is 2.07. The van der Waals surface area contributed by atoms with Crippen LogP contribution in [0.2, 0.25) is 0 Å². The largest absolute Gasteiger partial charge is 0.481 e. The van der Waals surface area contributed by atoms with Crippen LogP contribution in [0.25, 0.3) is 26.4 Å². The third-order valence-corrected chi connectivity index (χ3v) is 4.64. The highest BCUT2D eigenvalue weighted by Crippen LogP contribution is 2.33. The number of rotatable bonds is 3. The van der Waals surface area contributed by atoms with Gasteiger partial charge in [0, 0.05) is 5.56 Å². The summed E-state index contributed by atoms with van der Waals surface area (Å²) >= 11 is 1.58. The predicted molar refractivity (Wildman–Crippen MR) is 87.4 cm³/mol. The molecule has 0 radical (unpaired) electrons. The fraction of sp³-hybridized carbons (Fsp3) is 0.0588. The molecule has 0 aliphatic heterocycles. The fourth-order valence-corrected chi connectivity index (χ4v) is 3.75. The summed E-state index contributed by atoms with van der Waals surface area (Å²) in [4.78, 5) is 16.8. The number of carboxylic acid groups (broad SMARTS) is 1. The van der Waals surface area contributed by atoms with Crippen molar-refractivity contribution in [1.29, 1.82) is 0 Å². The topological polar surface area (TPSA) is 54.6 Å². The van der Waals surface area contributed by atoms with E-state index in [2.05, 4.69) is 0 Å². The van der Waals surface area contributed by atoms with Crippen molar-refractivity contribution in [2.45, 2.75) is 6.42 Å². The molecule has 0 aliphatic carbocycles. The molecule has 0 bridgehead atoms. The standard InChI is InChI=1S/C17H12N2O2S/c20-15(21)10-13-16(11-6-2-1-3-7-11)18-17-19(13)12-8-4-5-9-14(12)22-17/h1-9H,10H2,(H,20,21). The van der Waals surface area contributed by atoms with Crippen molar-refractivity contribution >= 4 is 32.5 Å². The normalized spacial score (nSPS) is 11.3. The Kier molecular flexibility index (Phi) is 2.94. The molecule has 2 aromatic heterocycles. The first-order valence-electron chi connectivity index (χ1n) is 6.90. The third-order valence-electron chi connectivity index (χ3n) is 3.62. The first kappa shape index (κ1) is 13.0. The Labute approximate surface area is 130 Å². The summed E-state index contributed by atoms with van der Waals surface area (Å²) in [6.45, 7) is 0. The van der Waals surface area contributed by atoms with Crippen LogP contribution in [0.5, 0.6) is 0 Å². The second kappa shape index (κ2) is 4.96. The van der Waals surface area contributed by atoms with Gasteiger partial charge in [0.2, 0.25) is 0 Å². The Hall–Kier alpha value is -2.66. The molecule has 0 saturated carbocycles. The summed E-state index contributed by atoms with van der Waals surface area (Å²) in [5.74, 6) is -0.853. The molecule has 4 rings (SSSR count). The summed E-state index contributed by atoms with van der Waals surface area (Å²) in [5.41, 5.74) is 3.43. The molecule has 1 N–H and O–H groups in total. The molecule has 2 aromatic carbocycles. The number of carbonyl (C=O) groups is 1. The quantitative estimate of drug-likeness (QED) is 0.625. The predicted octanol–water partition coefficient (Wildman–Crippen LogP) is 3.84. The smallest absolute Gasteiger partial charge is 0.309 e. The van der Waals surface area contributed by atoms with Crippen LogP contribution < -0.4 is 0 Å². The molecule has 2 heterocycles. The lowest BCUT2D eigenvalue weighted by atomic mass is 10.1. The van der Waals surface area contributed by atoms with Crippen LogP contribution >= 0.6 is 11.3 Å². The van der Waals surface area contributed by atoms with E-state index in [0.717, 1.165) is 32.1 Å². The molecule has 108 valence electrons. The summed E-state index contributed by atoms with van der Waals surface area (Å²) in [7, 11) is 0. The molecular weight excluding hydrogens is 296 g/mol. The summed E-state index contributed by atoms with van der Waals surface area (Å²) in [6, 6.07) is 17.7. The highest BCUT2D eigenvalue weighted by molar-refractivity contribution is 7.23. The minimum atomic E-state index is -0.853. The van der Waals surface area contributed by atoms with E-state index in [1.165, 1.54) is 0 Å². The Bertz CT molecular complexity index is 986. The SMILES string of the molecule is O=C(O)Cc1c(-c2ccccc2)nc2sc3ccccc3n12. The van der Waals surface area contributed by atoms with Gasteiger partial charge in [-0.25, -0.2) is 4.98 Å². The summed E-state index contributed by atoms with van der Waals surface area (Å²) in [5, 5.41) is 9.29. The lowest BCUT2D eigenvalue weighted by molar-refractivity contribution is -0.136. The molecular formula is C17H12N2O2S. The number of para-hydroxylation sites is 1. The monoisotopic (exact) mass is 308 g/mol. The van der Waals surface area contributed by atoms with Crippen molar-refractivity contribution < 1.29 is 9.90 Å². The zero-order valence-corrected chi connectivity index (χ0v) is 12.4. The minimum absolute atomic E-state index is 0.0495. The molecule has 0 saturated heterocycles. The number of imidazole rings is 1. The number of benzene rings is 2. The highest BCUT2D eigenvalue weighted by atomic mass is 32.1. The van der Waals surface area contributed by atoms with Crippen molar-refractivity contribution in [3.8, 4) is 11.3 Å². The molecule has 4 nitrogen and oxygen atoms in total. The number of aromatic nitrogens is 2. The van der Waals surface area contributed by atoms with Crippen LogP contribution in [-0.4, -0.2) is 20.5 Å². The minimum Gasteiger partial charge on any atom is -0.481 e. The van der Waals surface area contributed by atoms with Gasteiger partial charge >= 0.3 is 5.97 Å². The molecule has 0 aliphatic rings. The van der Waals surface area contributed by atoms with E-state index in [0.29, 0.717) is 0 Å². The van der Waals surface area contributed by atoms with Gasteiger partial charge in [0.25, 0.3) is 0 Å². The number of hydrogen-bond donors (Lipinski definition) is 1. The van der Waals surface area contributed by atoms with Crippen molar-refractivity contribution in [1.82, 2.24) is 9.38 Å². The molecule has 0 fully saturated rings. The van der Waals surface area contributed by atoms with Gasteiger partial charge in [-0.15, -0.1) is 0 Å². The van der Waals surface area contributed by atoms with Crippen LogP contribution in [0.4, 0.5) is 0 Å². The van der Waals surface area contributed by atoms with E-state index >= 15 is 0 Å². The second-order valence-corrected chi connectivity index (χ2v) is 6.04. The highest BCUT2D eigenvalue weighted by Gasteiger charge is 2.19. The van der Waals surface area contributed by atoms with Gasteiger partial charge in [0.15, 0.2) is 4.96 Å². The van der Waals surface area contributed by atoms with E-state index in [9.17, 15) is 9.90 Å². The van der Waals surface area contributed by atoms with E-state index in [-0.39, 0.29) is 6.42 Å². The first-order valence-corrected chi connectivity index (χ1v) is 7.72. The average molecular weight is 308 g/mol. The zero-order chi connectivity index (χ0) is 15.1. The van der Waals surface area contributed by atoms with Crippen LogP contribution in [-0.2, 0) is 11.2 Å². The Morgan fingerprint density at radius 2 is 1.82 bits per heavy atom. The first-order chi connectivity index (χ1) is 10.7. The van der Waals surface area contributed by atoms with E-state index in [4.69, 9.17) is 4.98 Å². The summed E-state index contributed by atoms with van der Waals surface area (Å²) in [6.07, 6.45) is -0.0495. The maximum absolute atomic E-state index is 11.3. The molecule has 22 heavy (non-hydrogen) atoms. The van der Waals surface area contributed by atoms with Gasteiger partial charge in [-0.2, -0.15) is 0 Å². The molecule has 0 unspecified atom stereocenters. The number of nitrogens with zero attached hydrogens (tertiary/aromatic N) is 2. The van der Waals surface area contributed by atoms with Gasteiger partial charge in [-0.05, 0) is 12.1 Å². The van der Waals surface area contributed by atoms with Crippen LogP contribution in [0.15, 0.2) is 54.6 Å². The van der Waals surface area contributed by atoms with Crippen molar-refractivity contribution in [3.63, 3.8) is 0 Å². The number of aliphatic carboxylic acids is 1. The van der Waals surface area contributed by atoms with Crippen LogP contribution in [0.3, 0.4) is 0 Å². The second-order valence-electron chi connectivity index (χ2n) is 5.03. The maximum atomic E-state index is 11.3. The van der Waals surface area contributed by atoms with Crippen LogP contribution in [0.1, 0.15) is 5.69 Å². The van der Waals surface area contributed by atoms with Gasteiger partial charge < -0.3 is 5.11 Å². The molecule has 4 aromatic rings. The van der Waals surface area contributed by atoms with Gasteiger partial charge in [-0.3, -0.25) is 9.20 Å². The third kappa shape index (κ3) is 1.98. The molecule has 0 atom stereocenters. The van der Waals surface area contributed by atoms with E-state index < -0.39 is 5.97 Å². The number of fused-ring (bicyclic) bond motifs is 3. The molecule has 5 heteroatoms. The number of thiazole rings is 1. The van der Waals surface area contributed by atoms with Crippen molar-refractivity contribution in [2.75, 3.05) is 0 Å². The zero-order valence-electron chi connectivity index (χ0n) is 11.6. The van der Waals surface area contributed by atoms with E-state index in [1.54, 1.807) is 11.3 Å². The lowest BCUT2D eigenvalue weighted by Gasteiger charge is -2.03. The van der Waals surface area contributed by atoms with Crippen LogP contribution in [0, 0.1) is 0 Å². The molecule has 0 amide bonds. The average Bonchev–Trinajstić information content (AvgIpc) is 3.04.